The van der Waals surface area contributed by atoms with Gasteiger partial charge >= 0.3 is 6.18 Å². The highest BCUT2D eigenvalue weighted by Gasteiger charge is 2.54. The Morgan fingerprint density at radius 1 is 1.33 bits per heavy atom. The second kappa shape index (κ2) is 5.06. The highest BCUT2D eigenvalue weighted by Crippen LogP contribution is 2.53. The number of hydrogen-bond acceptors (Lipinski definition) is 5. The lowest BCUT2D eigenvalue weighted by atomic mass is 9.87. The maximum Gasteiger partial charge on any atom is 0.393 e. The van der Waals surface area contributed by atoms with Crippen molar-refractivity contribution in [2.75, 3.05) is 18.1 Å². The van der Waals surface area contributed by atoms with E-state index in [4.69, 9.17) is 4.74 Å². The van der Waals surface area contributed by atoms with E-state index >= 15 is 0 Å². The van der Waals surface area contributed by atoms with E-state index in [0.717, 1.165) is 19.3 Å². The van der Waals surface area contributed by atoms with Gasteiger partial charge in [0.25, 0.3) is 0 Å². The van der Waals surface area contributed by atoms with Gasteiger partial charge in [0.05, 0.1) is 24.7 Å². The molecule has 0 aromatic carbocycles. The average Bonchev–Trinajstić information content (AvgIpc) is 3.21. The van der Waals surface area contributed by atoms with Crippen LogP contribution in [0.25, 0.3) is 0 Å². The highest BCUT2D eigenvalue weighted by molar-refractivity contribution is 5.33. The van der Waals surface area contributed by atoms with Crippen molar-refractivity contribution >= 4 is 5.95 Å². The summed E-state index contributed by atoms with van der Waals surface area (Å²) in [6.07, 6.45) is -1.07. The van der Waals surface area contributed by atoms with E-state index in [1.165, 1.54) is 0 Å². The van der Waals surface area contributed by atoms with Crippen molar-refractivity contribution in [2.24, 2.45) is 11.3 Å². The first kappa shape index (κ1) is 16.1. The summed E-state index contributed by atoms with van der Waals surface area (Å²) >= 11 is 0. The monoisotopic (exact) mass is 345 g/mol. The van der Waals surface area contributed by atoms with Crippen molar-refractivity contribution in [3.8, 4) is 0 Å². The number of nitrogens with zero attached hydrogens (tertiary/aromatic N) is 5. The molecule has 0 N–H and O–H groups in total. The van der Waals surface area contributed by atoms with E-state index in [-0.39, 0.29) is 30.0 Å². The molecule has 1 saturated carbocycles. The molecule has 0 amide bonds. The fourth-order valence-corrected chi connectivity index (χ4v) is 4.63. The molecule has 3 heterocycles. The van der Waals surface area contributed by atoms with E-state index in [2.05, 4.69) is 22.4 Å². The SMILES string of the molecule is C[C@@H]1C[C@H](C(F)(F)F)CN1c1nnnn1CC12CCC(C)(C1)OC2. The Kier molecular flexibility index (Phi) is 3.40. The predicted molar refractivity (Wildman–Crippen MR) is 79.4 cm³/mol. The fraction of sp³-hybridized carbons (Fsp3) is 0.933. The van der Waals surface area contributed by atoms with Gasteiger partial charge in [-0.3, -0.25) is 0 Å². The molecule has 24 heavy (non-hydrogen) atoms. The Morgan fingerprint density at radius 3 is 2.67 bits per heavy atom. The van der Waals surface area contributed by atoms with Crippen molar-refractivity contribution < 1.29 is 17.9 Å². The number of halogens is 3. The van der Waals surface area contributed by atoms with Crippen LogP contribution in [0.1, 0.15) is 39.5 Å². The third-order valence-electron chi connectivity index (χ3n) is 5.95. The summed E-state index contributed by atoms with van der Waals surface area (Å²) < 4.78 is 46.7. The first-order chi connectivity index (χ1) is 11.2. The number of aromatic nitrogens is 4. The smallest absolute Gasteiger partial charge is 0.375 e. The van der Waals surface area contributed by atoms with Gasteiger partial charge in [-0.2, -0.15) is 13.2 Å². The number of tetrazole rings is 1. The average molecular weight is 345 g/mol. The Labute approximate surface area is 138 Å². The maximum absolute atomic E-state index is 13.0. The maximum atomic E-state index is 13.0. The molecule has 2 bridgehead atoms. The molecular formula is C15H22F3N5O. The third kappa shape index (κ3) is 2.57. The first-order valence-corrected chi connectivity index (χ1v) is 8.43. The van der Waals surface area contributed by atoms with Crippen LogP contribution in [0.3, 0.4) is 0 Å². The van der Waals surface area contributed by atoms with E-state index < -0.39 is 12.1 Å². The molecule has 0 radical (unpaired) electrons. The fourth-order valence-electron chi connectivity index (χ4n) is 4.63. The Balaban J connectivity index is 1.54. The number of hydrogen-bond donors (Lipinski definition) is 0. The number of fused-ring (bicyclic) bond motifs is 2. The molecule has 6 nitrogen and oxygen atoms in total. The molecular weight excluding hydrogens is 323 g/mol. The Morgan fingerprint density at radius 2 is 2.12 bits per heavy atom. The van der Waals surface area contributed by atoms with Crippen LogP contribution in [0.2, 0.25) is 0 Å². The molecule has 4 atom stereocenters. The summed E-state index contributed by atoms with van der Waals surface area (Å²) in [6, 6.07) is -0.229. The standard InChI is InChI=1S/C15H22F3N5O/c1-10-5-11(15(16,17)18)6-22(10)12-19-20-21-23(12)8-14-4-3-13(2,7-14)24-9-14/h10-11H,3-9H2,1-2H3/t10-,11+,13?,14?/m1/s1. The number of anilines is 1. The Hall–Kier alpha value is -1.38. The van der Waals surface area contributed by atoms with Gasteiger partial charge in [0.1, 0.15) is 0 Å². The molecule has 2 unspecified atom stereocenters. The number of ether oxygens (including phenoxy) is 1. The lowest BCUT2D eigenvalue weighted by Gasteiger charge is -2.28. The molecule has 3 fully saturated rings. The quantitative estimate of drug-likeness (QED) is 0.842. The van der Waals surface area contributed by atoms with Crippen molar-refractivity contribution in [1.29, 1.82) is 0 Å². The zero-order chi connectivity index (χ0) is 17.2. The van der Waals surface area contributed by atoms with Crippen LogP contribution in [0, 0.1) is 11.3 Å². The minimum atomic E-state index is -4.17. The van der Waals surface area contributed by atoms with Gasteiger partial charge in [0, 0.05) is 18.0 Å². The largest absolute Gasteiger partial charge is 0.393 e. The zero-order valence-electron chi connectivity index (χ0n) is 13.9. The van der Waals surface area contributed by atoms with Crippen LogP contribution in [0.4, 0.5) is 19.1 Å². The summed E-state index contributed by atoms with van der Waals surface area (Å²) in [5.41, 5.74) is -0.0538. The van der Waals surface area contributed by atoms with Crippen LogP contribution < -0.4 is 4.90 Å². The van der Waals surface area contributed by atoms with Crippen LogP contribution in [0.5, 0.6) is 0 Å². The summed E-state index contributed by atoms with van der Waals surface area (Å²) in [5.74, 6) is -0.871. The van der Waals surface area contributed by atoms with Gasteiger partial charge in [-0.05, 0) is 50.0 Å². The van der Waals surface area contributed by atoms with E-state index in [1.54, 1.807) is 16.5 Å². The summed E-state index contributed by atoms with van der Waals surface area (Å²) in [4.78, 5) is 1.69. The van der Waals surface area contributed by atoms with Crippen LogP contribution in [-0.4, -0.2) is 51.2 Å². The van der Waals surface area contributed by atoms with Gasteiger partial charge in [-0.15, -0.1) is 0 Å². The number of rotatable bonds is 3. The van der Waals surface area contributed by atoms with Gasteiger partial charge < -0.3 is 9.64 Å². The van der Waals surface area contributed by atoms with Crippen molar-refractivity contribution in [1.82, 2.24) is 20.2 Å². The highest BCUT2D eigenvalue weighted by atomic mass is 19.4. The van der Waals surface area contributed by atoms with Crippen molar-refractivity contribution in [2.45, 2.75) is 63.9 Å². The summed E-state index contributed by atoms with van der Waals surface area (Å²) in [5, 5.41) is 11.8. The van der Waals surface area contributed by atoms with E-state index in [1.807, 2.05) is 0 Å². The third-order valence-corrected chi connectivity index (χ3v) is 5.95. The zero-order valence-corrected chi connectivity index (χ0v) is 13.9. The van der Waals surface area contributed by atoms with Crippen LogP contribution >= 0.6 is 0 Å². The molecule has 1 aromatic rings. The molecule has 9 heteroatoms. The van der Waals surface area contributed by atoms with Crippen LogP contribution in [0.15, 0.2) is 0 Å². The first-order valence-electron chi connectivity index (χ1n) is 8.43. The lowest BCUT2D eigenvalue weighted by molar-refractivity contribution is -0.168. The van der Waals surface area contributed by atoms with Crippen molar-refractivity contribution in [3.05, 3.63) is 0 Å². The molecule has 2 saturated heterocycles. The normalized spacial score (nSPS) is 39.1. The molecule has 1 aromatic heterocycles. The molecule has 0 spiro atoms. The topological polar surface area (TPSA) is 56.1 Å². The van der Waals surface area contributed by atoms with Crippen LogP contribution in [-0.2, 0) is 11.3 Å². The molecule has 3 aliphatic rings. The minimum Gasteiger partial charge on any atom is -0.375 e. The molecule has 134 valence electrons. The predicted octanol–water partition coefficient (Wildman–Crippen LogP) is 2.41. The molecule has 1 aliphatic carbocycles. The summed E-state index contributed by atoms with van der Waals surface area (Å²) in [6.45, 7) is 5.12. The van der Waals surface area contributed by atoms with E-state index in [9.17, 15) is 13.2 Å². The Bertz CT molecular complexity index is 623. The molecule has 2 aliphatic heterocycles. The van der Waals surface area contributed by atoms with Crippen molar-refractivity contribution in [3.63, 3.8) is 0 Å². The second-order valence-corrected chi connectivity index (χ2v) is 8.03. The van der Waals surface area contributed by atoms with Gasteiger partial charge in [-0.25, -0.2) is 4.68 Å². The number of alkyl halides is 3. The lowest BCUT2D eigenvalue weighted by Crippen LogP contribution is -2.34. The minimum absolute atomic E-state index is 0.00523. The molecule has 4 rings (SSSR count). The van der Waals surface area contributed by atoms with Gasteiger partial charge in [0.15, 0.2) is 0 Å². The summed E-state index contributed by atoms with van der Waals surface area (Å²) in [7, 11) is 0. The van der Waals surface area contributed by atoms with Gasteiger partial charge in [-0.1, -0.05) is 5.10 Å². The second-order valence-electron chi connectivity index (χ2n) is 8.03. The van der Waals surface area contributed by atoms with E-state index in [0.29, 0.717) is 19.1 Å². The van der Waals surface area contributed by atoms with Gasteiger partial charge in [0.2, 0.25) is 5.95 Å².